The Labute approximate surface area is 221 Å². The first-order chi connectivity index (χ1) is 18.2. The van der Waals surface area contributed by atoms with Crippen LogP contribution in [0.2, 0.25) is 0 Å². The predicted octanol–water partition coefficient (Wildman–Crippen LogP) is 6.22. The lowest BCUT2D eigenvalue weighted by molar-refractivity contribution is 0.394. The lowest BCUT2D eigenvalue weighted by Gasteiger charge is -2.30. The second-order valence-corrected chi connectivity index (χ2v) is 9.26. The highest BCUT2D eigenvalue weighted by molar-refractivity contribution is 7.80. The summed E-state index contributed by atoms with van der Waals surface area (Å²) in [5.74, 6) is 1.40. The molecule has 1 aliphatic heterocycles. The normalized spacial score (nSPS) is 17.1. The van der Waals surface area contributed by atoms with Gasteiger partial charge in [-0.15, -0.1) is 0 Å². The zero-order valence-electron chi connectivity index (χ0n) is 20.5. The Bertz CT molecular complexity index is 1580. The first-order valence-corrected chi connectivity index (χ1v) is 12.5. The fourth-order valence-electron chi connectivity index (χ4n) is 5.10. The van der Waals surface area contributed by atoms with Crippen LogP contribution in [0, 0.1) is 0 Å². The van der Waals surface area contributed by atoms with E-state index in [1.54, 1.807) is 14.2 Å². The molecule has 5 aromatic rings. The van der Waals surface area contributed by atoms with Crippen LogP contribution in [-0.4, -0.2) is 28.9 Å². The molecule has 0 spiro atoms. The summed E-state index contributed by atoms with van der Waals surface area (Å²) in [5.41, 5.74) is 3.93. The molecular formula is C30H26N4O2S. The number of anilines is 1. The smallest absolute Gasteiger partial charge is 0.174 e. The van der Waals surface area contributed by atoms with E-state index in [9.17, 15) is 0 Å². The third kappa shape index (κ3) is 4.07. The number of ether oxygens (including phenoxy) is 2. The molecule has 37 heavy (non-hydrogen) atoms. The van der Waals surface area contributed by atoms with Crippen LogP contribution in [0.15, 0.2) is 103 Å². The van der Waals surface area contributed by atoms with Crippen molar-refractivity contribution in [2.75, 3.05) is 19.1 Å². The topological polar surface area (TPSA) is 51.5 Å². The molecule has 184 valence electrons. The second-order valence-electron chi connectivity index (χ2n) is 8.87. The number of thiocarbonyl (C=S) groups is 1. The zero-order chi connectivity index (χ0) is 25.4. The van der Waals surface area contributed by atoms with Crippen molar-refractivity contribution in [2.45, 2.75) is 12.1 Å². The van der Waals surface area contributed by atoms with Gasteiger partial charge in [-0.05, 0) is 71.5 Å². The van der Waals surface area contributed by atoms with Crippen LogP contribution >= 0.6 is 12.2 Å². The summed E-state index contributed by atoms with van der Waals surface area (Å²) >= 11 is 5.93. The maximum atomic E-state index is 5.93. The summed E-state index contributed by atoms with van der Waals surface area (Å²) in [6.45, 7) is 0. The van der Waals surface area contributed by atoms with Gasteiger partial charge in [-0.1, -0.05) is 36.4 Å². The molecule has 3 heterocycles. The number of hydrogen-bond acceptors (Lipinski definition) is 4. The molecule has 6 rings (SSSR count). The van der Waals surface area contributed by atoms with Gasteiger partial charge in [0.05, 0.1) is 31.6 Å². The van der Waals surface area contributed by atoms with E-state index in [2.05, 4.69) is 80.6 Å². The summed E-state index contributed by atoms with van der Waals surface area (Å²) < 4.78 is 13.5. The number of benzene rings is 3. The summed E-state index contributed by atoms with van der Waals surface area (Å²) in [4.78, 5) is 6.81. The summed E-state index contributed by atoms with van der Waals surface area (Å²) in [6.07, 6.45) is 3.91. The van der Waals surface area contributed by atoms with Gasteiger partial charge in [0.25, 0.3) is 0 Å². The van der Waals surface area contributed by atoms with E-state index in [1.165, 1.54) is 10.8 Å². The highest BCUT2D eigenvalue weighted by Gasteiger charge is 2.43. The Morgan fingerprint density at radius 1 is 0.838 bits per heavy atom. The molecule has 0 amide bonds. The number of rotatable bonds is 6. The Morgan fingerprint density at radius 2 is 1.68 bits per heavy atom. The van der Waals surface area contributed by atoms with Crippen LogP contribution in [0.3, 0.4) is 0 Å². The highest BCUT2D eigenvalue weighted by Crippen LogP contribution is 2.45. The van der Waals surface area contributed by atoms with E-state index in [0.717, 1.165) is 28.5 Å². The molecule has 1 fully saturated rings. The molecule has 3 aromatic carbocycles. The summed E-state index contributed by atoms with van der Waals surface area (Å²) in [5, 5.41) is 6.54. The van der Waals surface area contributed by atoms with E-state index in [-0.39, 0.29) is 12.1 Å². The third-order valence-corrected chi connectivity index (χ3v) is 7.15. The average molecular weight is 507 g/mol. The van der Waals surface area contributed by atoms with Crippen molar-refractivity contribution in [3.8, 4) is 17.2 Å². The van der Waals surface area contributed by atoms with Crippen molar-refractivity contribution >= 4 is 33.8 Å². The molecule has 2 aromatic heterocycles. The maximum absolute atomic E-state index is 5.93. The van der Waals surface area contributed by atoms with E-state index in [0.29, 0.717) is 10.9 Å². The molecule has 1 saturated heterocycles. The van der Waals surface area contributed by atoms with Crippen LogP contribution < -0.4 is 19.7 Å². The third-order valence-electron chi connectivity index (χ3n) is 6.84. The molecule has 0 unspecified atom stereocenters. The molecule has 1 aliphatic rings. The SMILES string of the molecule is COc1ccc(N2C(=S)N[C@H](c3ccccn3)[C@H]2c2cccn2-c2ccc3ccccc3c2)c(OC)c1. The number of pyridine rings is 1. The van der Waals surface area contributed by atoms with E-state index >= 15 is 0 Å². The minimum absolute atomic E-state index is 0.172. The van der Waals surface area contributed by atoms with Gasteiger partial charge in [-0.3, -0.25) is 4.98 Å². The summed E-state index contributed by atoms with van der Waals surface area (Å²) in [6, 6.07) is 30.5. The van der Waals surface area contributed by atoms with E-state index < -0.39 is 0 Å². The molecule has 2 atom stereocenters. The molecule has 0 saturated carbocycles. The van der Waals surface area contributed by atoms with Gasteiger partial charge in [0, 0.05) is 29.8 Å². The molecule has 1 N–H and O–H groups in total. The molecule has 0 radical (unpaired) electrons. The van der Waals surface area contributed by atoms with Gasteiger partial charge >= 0.3 is 0 Å². The number of aromatic nitrogens is 2. The van der Waals surface area contributed by atoms with Crippen LogP contribution in [0.4, 0.5) is 5.69 Å². The van der Waals surface area contributed by atoms with Crippen molar-refractivity contribution in [1.29, 1.82) is 0 Å². The first-order valence-electron chi connectivity index (χ1n) is 12.1. The van der Waals surface area contributed by atoms with Crippen molar-refractivity contribution in [1.82, 2.24) is 14.9 Å². The Hall–Kier alpha value is -4.36. The lowest BCUT2D eigenvalue weighted by atomic mass is 10.0. The number of hydrogen-bond donors (Lipinski definition) is 1. The predicted molar refractivity (Wildman–Crippen MR) is 151 cm³/mol. The monoisotopic (exact) mass is 506 g/mol. The fourth-order valence-corrected chi connectivity index (χ4v) is 5.43. The summed E-state index contributed by atoms with van der Waals surface area (Å²) in [7, 11) is 3.31. The van der Waals surface area contributed by atoms with Gasteiger partial charge in [0.15, 0.2) is 5.11 Å². The highest BCUT2D eigenvalue weighted by atomic mass is 32.1. The average Bonchev–Trinajstić information content (AvgIpc) is 3.57. The second kappa shape index (κ2) is 9.59. The number of methoxy groups -OCH3 is 2. The number of nitrogens with zero attached hydrogens (tertiary/aromatic N) is 3. The van der Waals surface area contributed by atoms with Crippen LogP contribution in [0.25, 0.3) is 16.5 Å². The Kier molecular flexibility index (Phi) is 5.98. The van der Waals surface area contributed by atoms with Crippen molar-refractivity contribution in [3.05, 3.63) is 115 Å². The van der Waals surface area contributed by atoms with Crippen LogP contribution in [-0.2, 0) is 0 Å². The molecular weight excluding hydrogens is 480 g/mol. The minimum Gasteiger partial charge on any atom is -0.497 e. The van der Waals surface area contributed by atoms with Crippen LogP contribution in [0.1, 0.15) is 23.5 Å². The molecule has 7 heteroatoms. The van der Waals surface area contributed by atoms with Gasteiger partial charge in [0.2, 0.25) is 0 Å². The molecule has 6 nitrogen and oxygen atoms in total. The van der Waals surface area contributed by atoms with Crippen molar-refractivity contribution < 1.29 is 9.47 Å². The lowest BCUT2D eigenvalue weighted by Crippen LogP contribution is -2.30. The van der Waals surface area contributed by atoms with E-state index in [1.807, 2.05) is 42.6 Å². The number of fused-ring (bicyclic) bond motifs is 1. The van der Waals surface area contributed by atoms with Crippen LogP contribution in [0.5, 0.6) is 11.5 Å². The largest absolute Gasteiger partial charge is 0.497 e. The standard InChI is InChI=1S/C30H26N4O2S/c1-35-23-14-15-25(27(19-23)36-2)34-29(28(32-30(34)37)24-10-5-6-16-31-24)26-11-7-17-33(26)22-13-12-20-8-3-4-9-21(20)18-22/h3-19,28-29H,1-2H3,(H,32,37)/t28-,29-/m1/s1. The Morgan fingerprint density at radius 3 is 2.46 bits per heavy atom. The van der Waals surface area contributed by atoms with Gasteiger partial charge in [0.1, 0.15) is 17.5 Å². The van der Waals surface area contributed by atoms with Gasteiger partial charge in [-0.25, -0.2) is 0 Å². The molecule has 0 aliphatic carbocycles. The fraction of sp³-hybridized carbons (Fsp3) is 0.133. The van der Waals surface area contributed by atoms with E-state index in [4.69, 9.17) is 21.7 Å². The van der Waals surface area contributed by atoms with Crippen molar-refractivity contribution in [3.63, 3.8) is 0 Å². The van der Waals surface area contributed by atoms with Crippen molar-refractivity contribution in [2.24, 2.45) is 0 Å². The molecule has 0 bridgehead atoms. The Balaban J connectivity index is 1.52. The quantitative estimate of drug-likeness (QED) is 0.276. The first kappa shape index (κ1) is 23.1. The zero-order valence-corrected chi connectivity index (χ0v) is 21.4. The maximum Gasteiger partial charge on any atom is 0.174 e. The van der Waals surface area contributed by atoms with Gasteiger partial charge in [-0.2, -0.15) is 0 Å². The van der Waals surface area contributed by atoms with Gasteiger partial charge < -0.3 is 24.3 Å². The minimum atomic E-state index is -0.189. The number of nitrogens with one attached hydrogen (secondary N) is 1.